The second-order valence-electron chi connectivity index (χ2n) is 4.45. The SMILES string of the molecule is O=C(c1ccccc1)[C@H]1S[C@H]2C=C[C@@H]1CC2. The molecule has 4 rings (SSSR count). The zero-order valence-electron chi connectivity index (χ0n) is 9.00. The van der Waals surface area contributed by atoms with Gasteiger partial charge in [0.2, 0.25) is 0 Å². The summed E-state index contributed by atoms with van der Waals surface area (Å²) < 4.78 is 0. The van der Waals surface area contributed by atoms with Crippen LogP contribution in [0.1, 0.15) is 23.2 Å². The minimum atomic E-state index is 0.158. The third-order valence-corrected chi connectivity index (χ3v) is 4.98. The zero-order valence-corrected chi connectivity index (χ0v) is 9.82. The molecule has 1 aromatic carbocycles. The summed E-state index contributed by atoms with van der Waals surface area (Å²) in [4.78, 5) is 12.3. The molecule has 1 aromatic rings. The summed E-state index contributed by atoms with van der Waals surface area (Å²) in [6.45, 7) is 0. The van der Waals surface area contributed by atoms with Crippen LogP contribution in [-0.4, -0.2) is 16.3 Å². The van der Waals surface area contributed by atoms with E-state index >= 15 is 0 Å². The van der Waals surface area contributed by atoms with Crippen molar-refractivity contribution in [2.45, 2.75) is 23.3 Å². The Bertz CT molecular complexity index is 424. The third kappa shape index (κ3) is 1.71. The molecule has 0 aromatic heterocycles. The van der Waals surface area contributed by atoms with Gasteiger partial charge >= 0.3 is 0 Å². The van der Waals surface area contributed by atoms with Crippen LogP contribution in [0.15, 0.2) is 42.5 Å². The number of hydrogen-bond donors (Lipinski definition) is 0. The van der Waals surface area contributed by atoms with E-state index in [0.717, 1.165) is 5.56 Å². The molecule has 16 heavy (non-hydrogen) atoms. The second kappa shape index (κ2) is 4.10. The second-order valence-corrected chi connectivity index (χ2v) is 5.84. The first-order valence-corrected chi connectivity index (χ1v) is 6.72. The van der Waals surface area contributed by atoms with Crippen LogP contribution in [0.25, 0.3) is 0 Å². The molecule has 82 valence electrons. The van der Waals surface area contributed by atoms with Gasteiger partial charge in [0.15, 0.2) is 5.78 Å². The molecular formula is C14H14OS. The van der Waals surface area contributed by atoms with E-state index in [0.29, 0.717) is 17.0 Å². The Balaban J connectivity index is 1.84. The van der Waals surface area contributed by atoms with Crippen molar-refractivity contribution in [1.29, 1.82) is 0 Å². The topological polar surface area (TPSA) is 17.1 Å². The number of rotatable bonds is 2. The molecule has 1 nitrogen and oxygen atoms in total. The van der Waals surface area contributed by atoms with E-state index in [2.05, 4.69) is 12.2 Å². The Morgan fingerprint density at radius 2 is 1.94 bits per heavy atom. The molecule has 0 N–H and O–H groups in total. The van der Waals surface area contributed by atoms with Crippen molar-refractivity contribution >= 4 is 17.5 Å². The predicted octanol–water partition coefficient (Wildman–Crippen LogP) is 3.32. The molecule has 2 bridgehead atoms. The Morgan fingerprint density at radius 3 is 2.50 bits per heavy atom. The number of ketones is 1. The Kier molecular flexibility index (Phi) is 2.60. The minimum absolute atomic E-state index is 0.158. The fraction of sp³-hybridized carbons (Fsp3) is 0.357. The fourth-order valence-corrected chi connectivity index (χ4v) is 4.01. The monoisotopic (exact) mass is 230 g/mol. The van der Waals surface area contributed by atoms with Crippen molar-refractivity contribution in [3.05, 3.63) is 48.0 Å². The van der Waals surface area contributed by atoms with Gasteiger partial charge in [-0.05, 0) is 18.8 Å². The van der Waals surface area contributed by atoms with Gasteiger partial charge in [-0.2, -0.15) is 0 Å². The molecular weight excluding hydrogens is 216 g/mol. The Hall–Kier alpha value is -1.02. The molecule has 0 unspecified atom stereocenters. The van der Waals surface area contributed by atoms with Crippen molar-refractivity contribution in [1.82, 2.24) is 0 Å². The van der Waals surface area contributed by atoms with Crippen molar-refractivity contribution in [2.24, 2.45) is 5.92 Å². The van der Waals surface area contributed by atoms with Gasteiger partial charge in [0.05, 0.1) is 5.25 Å². The van der Waals surface area contributed by atoms with Crippen LogP contribution in [0.2, 0.25) is 0 Å². The molecule has 2 heterocycles. The summed E-state index contributed by atoms with van der Waals surface area (Å²) in [5.74, 6) is 0.771. The molecule has 1 saturated heterocycles. The maximum absolute atomic E-state index is 12.3. The van der Waals surface area contributed by atoms with E-state index in [1.54, 1.807) is 0 Å². The maximum Gasteiger partial charge on any atom is 0.176 e. The highest BCUT2D eigenvalue weighted by molar-refractivity contribution is 8.01. The minimum Gasteiger partial charge on any atom is -0.293 e. The first-order valence-electron chi connectivity index (χ1n) is 5.77. The first kappa shape index (κ1) is 10.2. The number of carbonyl (C=O) groups is 1. The molecule has 1 aliphatic carbocycles. The maximum atomic E-state index is 12.3. The van der Waals surface area contributed by atoms with Crippen molar-refractivity contribution in [3.8, 4) is 0 Å². The van der Waals surface area contributed by atoms with Gasteiger partial charge in [-0.1, -0.05) is 42.5 Å². The average molecular weight is 230 g/mol. The number of fused-ring (bicyclic) bond motifs is 2. The van der Waals surface area contributed by atoms with E-state index in [4.69, 9.17) is 0 Å². The smallest absolute Gasteiger partial charge is 0.176 e. The molecule has 0 radical (unpaired) electrons. The predicted molar refractivity (Wildman–Crippen MR) is 67.8 cm³/mol. The largest absolute Gasteiger partial charge is 0.293 e. The zero-order chi connectivity index (χ0) is 11.0. The average Bonchev–Trinajstić information content (AvgIpc) is 2.40. The first-order chi connectivity index (χ1) is 7.84. The fourth-order valence-electron chi connectivity index (χ4n) is 2.49. The lowest BCUT2D eigenvalue weighted by molar-refractivity contribution is 0.0971. The van der Waals surface area contributed by atoms with E-state index in [9.17, 15) is 4.79 Å². The number of allylic oxidation sites excluding steroid dienone is 1. The van der Waals surface area contributed by atoms with Crippen LogP contribution in [0.3, 0.4) is 0 Å². The van der Waals surface area contributed by atoms with Crippen LogP contribution < -0.4 is 0 Å². The molecule has 0 spiro atoms. The van der Waals surface area contributed by atoms with Crippen LogP contribution >= 0.6 is 11.8 Å². The molecule has 2 aliphatic heterocycles. The molecule has 3 atom stereocenters. The van der Waals surface area contributed by atoms with Crippen LogP contribution in [0.5, 0.6) is 0 Å². The number of benzene rings is 1. The van der Waals surface area contributed by atoms with E-state index in [1.165, 1.54) is 12.8 Å². The Labute approximate surface area is 99.9 Å². The molecule has 3 aliphatic rings. The summed E-state index contributed by atoms with van der Waals surface area (Å²) in [5, 5.41) is 0.730. The normalized spacial score (nSPS) is 31.6. The Morgan fingerprint density at radius 1 is 1.12 bits per heavy atom. The quantitative estimate of drug-likeness (QED) is 0.572. The number of carbonyl (C=O) groups excluding carboxylic acids is 1. The highest BCUT2D eigenvalue weighted by Crippen LogP contribution is 2.43. The van der Waals surface area contributed by atoms with Gasteiger partial charge in [0.1, 0.15) is 0 Å². The number of thioether (sulfide) groups is 1. The van der Waals surface area contributed by atoms with Gasteiger partial charge in [-0.15, -0.1) is 11.8 Å². The molecule has 0 amide bonds. The van der Waals surface area contributed by atoms with E-state index in [-0.39, 0.29) is 5.25 Å². The number of hydrogen-bond acceptors (Lipinski definition) is 2. The summed E-state index contributed by atoms with van der Waals surface area (Å²) in [6.07, 6.45) is 6.94. The van der Waals surface area contributed by atoms with Gasteiger partial charge in [0, 0.05) is 10.8 Å². The van der Waals surface area contributed by atoms with Crippen LogP contribution in [0, 0.1) is 5.92 Å². The third-order valence-electron chi connectivity index (χ3n) is 3.38. The highest BCUT2D eigenvalue weighted by Gasteiger charge is 2.37. The van der Waals surface area contributed by atoms with Crippen molar-refractivity contribution in [3.63, 3.8) is 0 Å². The highest BCUT2D eigenvalue weighted by atomic mass is 32.2. The molecule has 2 heteroatoms. The van der Waals surface area contributed by atoms with Crippen LogP contribution in [-0.2, 0) is 0 Å². The van der Waals surface area contributed by atoms with Gasteiger partial charge < -0.3 is 0 Å². The van der Waals surface area contributed by atoms with Crippen LogP contribution in [0.4, 0.5) is 0 Å². The standard InChI is InChI=1S/C14H14OS/c15-13(10-4-2-1-3-5-10)14-11-6-8-12(16-14)9-7-11/h1-6,8,11-12,14H,7,9H2/t11-,12+,14+/m1/s1. The summed E-state index contributed by atoms with van der Waals surface area (Å²) in [6, 6.07) is 9.68. The summed E-state index contributed by atoms with van der Waals surface area (Å²) in [5.41, 5.74) is 0.862. The molecule has 1 fully saturated rings. The van der Waals surface area contributed by atoms with Crippen molar-refractivity contribution < 1.29 is 4.79 Å². The lowest BCUT2D eigenvalue weighted by Gasteiger charge is -2.36. The summed E-state index contributed by atoms with van der Waals surface area (Å²) >= 11 is 1.85. The number of Topliss-reactive ketones (excluding diaryl/α,β-unsaturated/α-hetero) is 1. The lowest BCUT2D eigenvalue weighted by Crippen LogP contribution is -2.35. The van der Waals surface area contributed by atoms with E-state index in [1.807, 2.05) is 42.1 Å². The van der Waals surface area contributed by atoms with E-state index < -0.39 is 0 Å². The van der Waals surface area contributed by atoms with Gasteiger partial charge in [-0.25, -0.2) is 0 Å². The summed E-state index contributed by atoms with van der Waals surface area (Å²) in [7, 11) is 0. The lowest BCUT2D eigenvalue weighted by atomic mass is 9.88. The molecule has 0 saturated carbocycles. The van der Waals surface area contributed by atoms with Gasteiger partial charge in [-0.3, -0.25) is 4.79 Å². The van der Waals surface area contributed by atoms with Crippen molar-refractivity contribution in [2.75, 3.05) is 0 Å². The van der Waals surface area contributed by atoms with Gasteiger partial charge in [0.25, 0.3) is 0 Å².